The molecular weight excluding hydrogens is 452 g/mol. The number of hydrogen-bond acceptors (Lipinski definition) is 5. The van der Waals surface area contributed by atoms with Gasteiger partial charge in [-0.3, -0.25) is 14.5 Å². The second kappa shape index (κ2) is 11.7. The molecule has 36 heavy (non-hydrogen) atoms. The first-order chi connectivity index (χ1) is 17.7. The minimum atomic E-state index is -0.326. The number of fused-ring (bicyclic) bond motifs is 1. The molecule has 0 aromatic heterocycles. The van der Waals surface area contributed by atoms with Gasteiger partial charge in [0.25, 0.3) is 11.8 Å². The standard InChI is InChI=1S/C29H36N4O3/c34-28(30-14-7-15-32-16-18-33(19-17-32)24-10-5-2-6-11-24)23-12-13-26-25(21-23)31-29(35)27(36-26)20-22-8-3-1-4-9-22/h1,3-4,8-9,12-13,20-21,24H,2,5-7,10-11,14-19H2,(H,30,34)(H,31,35). The van der Waals surface area contributed by atoms with Crippen LogP contribution >= 0.6 is 0 Å². The highest BCUT2D eigenvalue weighted by Gasteiger charge is 2.25. The molecule has 2 aromatic carbocycles. The van der Waals surface area contributed by atoms with E-state index in [4.69, 9.17) is 4.74 Å². The lowest BCUT2D eigenvalue weighted by atomic mass is 9.94. The highest BCUT2D eigenvalue weighted by molar-refractivity contribution is 6.09. The smallest absolute Gasteiger partial charge is 0.291 e. The first-order valence-corrected chi connectivity index (χ1v) is 13.3. The maximum atomic E-state index is 12.7. The predicted molar refractivity (Wildman–Crippen MR) is 142 cm³/mol. The van der Waals surface area contributed by atoms with Crippen molar-refractivity contribution in [3.63, 3.8) is 0 Å². The van der Waals surface area contributed by atoms with Gasteiger partial charge in [-0.1, -0.05) is 49.6 Å². The minimum absolute atomic E-state index is 0.139. The van der Waals surface area contributed by atoms with Crippen LogP contribution < -0.4 is 15.4 Å². The molecular formula is C29H36N4O3. The van der Waals surface area contributed by atoms with Crippen LogP contribution in [0, 0.1) is 0 Å². The number of carbonyl (C=O) groups excluding carboxylic acids is 2. The molecule has 2 aliphatic heterocycles. The van der Waals surface area contributed by atoms with Gasteiger partial charge < -0.3 is 20.3 Å². The molecule has 190 valence electrons. The molecule has 1 aliphatic carbocycles. The van der Waals surface area contributed by atoms with E-state index in [0.29, 0.717) is 23.5 Å². The summed E-state index contributed by atoms with van der Waals surface area (Å²) in [5.41, 5.74) is 1.90. The third-order valence-corrected chi connectivity index (χ3v) is 7.47. The van der Waals surface area contributed by atoms with Crippen LogP contribution in [0.15, 0.2) is 54.3 Å². The average molecular weight is 489 g/mol. The van der Waals surface area contributed by atoms with Gasteiger partial charge in [0.1, 0.15) is 0 Å². The van der Waals surface area contributed by atoms with Crippen LogP contribution in [0.1, 0.15) is 54.4 Å². The Hall–Kier alpha value is -3.16. The van der Waals surface area contributed by atoms with Gasteiger partial charge in [0.2, 0.25) is 0 Å². The molecule has 5 rings (SSSR count). The fraction of sp³-hybridized carbons (Fsp3) is 0.448. The van der Waals surface area contributed by atoms with E-state index < -0.39 is 0 Å². The first-order valence-electron chi connectivity index (χ1n) is 13.3. The number of nitrogens with zero attached hydrogens (tertiary/aromatic N) is 2. The van der Waals surface area contributed by atoms with Gasteiger partial charge >= 0.3 is 0 Å². The van der Waals surface area contributed by atoms with Crippen molar-refractivity contribution in [2.24, 2.45) is 0 Å². The van der Waals surface area contributed by atoms with Gasteiger partial charge in [0.05, 0.1) is 5.69 Å². The molecule has 2 aromatic rings. The monoisotopic (exact) mass is 488 g/mol. The minimum Gasteiger partial charge on any atom is -0.449 e. The van der Waals surface area contributed by atoms with Crippen LogP contribution in [-0.4, -0.2) is 66.9 Å². The Balaban J connectivity index is 1.06. The van der Waals surface area contributed by atoms with E-state index in [1.54, 1.807) is 24.3 Å². The van der Waals surface area contributed by atoms with Gasteiger partial charge in [-0.25, -0.2) is 0 Å². The lowest BCUT2D eigenvalue weighted by molar-refractivity contribution is -0.115. The summed E-state index contributed by atoms with van der Waals surface area (Å²) >= 11 is 0. The van der Waals surface area contributed by atoms with Crippen molar-refractivity contribution in [2.75, 3.05) is 44.6 Å². The number of carbonyl (C=O) groups is 2. The Labute approximate surface area is 213 Å². The Bertz CT molecular complexity index is 1090. The summed E-state index contributed by atoms with van der Waals surface area (Å²) in [5.74, 6) is 0.290. The second-order valence-electron chi connectivity index (χ2n) is 9.97. The molecule has 0 radical (unpaired) electrons. The Morgan fingerprint density at radius 2 is 1.81 bits per heavy atom. The molecule has 3 aliphatic rings. The van der Waals surface area contributed by atoms with Gasteiger partial charge in [0.15, 0.2) is 11.5 Å². The predicted octanol–water partition coefficient (Wildman–Crippen LogP) is 4.13. The van der Waals surface area contributed by atoms with Crippen LogP contribution in [-0.2, 0) is 4.79 Å². The molecule has 2 heterocycles. The van der Waals surface area contributed by atoms with E-state index in [0.717, 1.165) is 37.7 Å². The molecule has 0 unspecified atom stereocenters. The van der Waals surface area contributed by atoms with E-state index in [2.05, 4.69) is 20.4 Å². The van der Waals surface area contributed by atoms with E-state index in [1.165, 1.54) is 45.2 Å². The molecule has 0 atom stereocenters. The topological polar surface area (TPSA) is 73.9 Å². The Kier molecular flexibility index (Phi) is 7.98. The third-order valence-electron chi connectivity index (χ3n) is 7.47. The normalized spacial score (nSPS) is 20.4. The van der Waals surface area contributed by atoms with Crippen molar-refractivity contribution in [2.45, 2.75) is 44.6 Å². The maximum absolute atomic E-state index is 12.7. The van der Waals surface area contributed by atoms with Crippen LogP contribution in [0.4, 0.5) is 5.69 Å². The molecule has 7 heteroatoms. The van der Waals surface area contributed by atoms with Crippen molar-refractivity contribution in [3.05, 3.63) is 65.4 Å². The number of hydrogen-bond donors (Lipinski definition) is 2. The Morgan fingerprint density at radius 1 is 1.03 bits per heavy atom. The van der Waals surface area contributed by atoms with Crippen LogP contribution in [0.3, 0.4) is 0 Å². The molecule has 2 N–H and O–H groups in total. The van der Waals surface area contributed by atoms with E-state index in [1.807, 2.05) is 30.3 Å². The number of anilines is 1. The molecule has 2 amide bonds. The number of benzene rings is 2. The van der Waals surface area contributed by atoms with Gasteiger partial charge in [-0.15, -0.1) is 0 Å². The van der Waals surface area contributed by atoms with Gasteiger partial charge in [0, 0.05) is 44.3 Å². The van der Waals surface area contributed by atoms with Crippen LogP contribution in [0.25, 0.3) is 6.08 Å². The maximum Gasteiger partial charge on any atom is 0.291 e. The highest BCUT2D eigenvalue weighted by Crippen LogP contribution is 2.32. The molecule has 2 fully saturated rings. The van der Waals surface area contributed by atoms with E-state index in [9.17, 15) is 9.59 Å². The van der Waals surface area contributed by atoms with Crippen LogP contribution in [0.2, 0.25) is 0 Å². The summed E-state index contributed by atoms with van der Waals surface area (Å²) in [6.45, 7) is 6.21. The van der Waals surface area contributed by atoms with Crippen molar-refractivity contribution in [1.82, 2.24) is 15.1 Å². The zero-order valence-corrected chi connectivity index (χ0v) is 20.9. The molecule has 1 saturated carbocycles. The molecule has 0 bridgehead atoms. The van der Waals surface area contributed by atoms with E-state index in [-0.39, 0.29) is 17.6 Å². The number of amides is 2. The van der Waals surface area contributed by atoms with E-state index >= 15 is 0 Å². The zero-order valence-electron chi connectivity index (χ0n) is 20.9. The Morgan fingerprint density at radius 3 is 2.58 bits per heavy atom. The fourth-order valence-corrected chi connectivity index (χ4v) is 5.41. The number of ether oxygens (including phenoxy) is 1. The average Bonchev–Trinajstić information content (AvgIpc) is 2.92. The summed E-state index contributed by atoms with van der Waals surface area (Å²) in [6.07, 6.45) is 9.55. The number of rotatable bonds is 7. The third kappa shape index (κ3) is 6.15. The zero-order chi connectivity index (χ0) is 24.7. The number of nitrogens with one attached hydrogen (secondary N) is 2. The highest BCUT2D eigenvalue weighted by atomic mass is 16.5. The van der Waals surface area contributed by atoms with Crippen molar-refractivity contribution in [3.8, 4) is 5.75 Å². The van der Waals surface area contributed by atoms with Crippen molar-refractivity contribution >= 4 is 23.6 Å². The van der Waals surface area contributed by atoms with Crippen molar-refractivity contribution < 1.29 is 14.3 Å². The summed E-state index contributed by atoms with van der Waals surface area (Å²) in [5, 5.41) is 5.86. The summed E-state index contributed by atoms with van der Waals surface area (Å²) in [7, 11) is 0. The first kappa shape index (κ1) is 24.5. The SMILES string of the molecule is O=C1Nc2cc(C(=O)NCCCN3CCN(C4CCCCC4)CC3)ccc2OC1=Cc1ccccc1. The second-order valence-corrected chi connectivity index (χ2v) is 9.97. The molecule has 7 nitrogen and oxygen atoms in total. The lowest BCUT2D eigenvalue weighted by Gasteiger charge is -2.40. The largest absolute Gasteiger partial charge is 0.449 e. The summed E-state index contributed by atoms with van der Waals surface area (Å²) in [4.78, 5) is 30.4. The molecule has 0 spiro atoms. The summed E-state index contributed by atoms with van der Waals surface area (Å²) in [6, 6.07) is 15.5. The van der Waals surface area contributed by atoms with Crippen molar-refractivity contribution in [1.29, 1.82) is 0 Å². The van der Waals surface area contributed by atoms with Gasteiger partial charge in [-0.2, -0.15) is 0 Å². The summed E-state index contributed by atoms with van der Waals surface area (Å²) < 4.78 is 5.80. The quantitative estimate of drug-likeness (QED) is 0.453. The lowest BCUT2D eigenvalue weighted by Crippen LogP contribution is -2.51. The molecule has 1 saturated heterocycles. The van der Waals surface area contributed by atoms with Crippen LogP contribution in [0.5, 0.6) is 5.75 Å². The van der Waals surface area contributed by atoms with Gasteiger partial charge in [-0.05, 0) is 55.6 Å². The fourth-order valence-electron chi connectivity index (χ4n) is 5.41. The number of piperazine rings is 1.